The lowest BCUT2D eigenvalue weighted by Gasteiger charge is -2.12. The third kappa shape index (κ3) is 4.62. The highest BCUT2D eigenvalue weighted by Crippen LogP contribution is 2.07. The van der Waals surface area contributed by atoms with Crippen molar-refractivity contribution < 1.29 is 4.79 Å². The summed E-state index contributed by atoms with van der Waals surface area (Å²) in [7, 11) is 0. The number of nitrogens with one attached hydrogen (secondary N) is 1. The van der Waals surface area contributed by atoms with Gasteiger partial charge in [0.25, 0.3) is 0 Å². The largest absolute Gasteiger partial charge is 0.355 e. The van der Waals surface area contributed by atoms with Crippen LogP contribution in [0.3, 0.4) is 0 Å². The second-order valence-electron chi connectivity index (χ2n) is 2.70. The van der Waals surface area contributed by atoms with Gasteiger partial charge in [-0.15, -0.1) is 11.6 Å². The van der Waals surface area contributed by atoms with Crippen LogP contribution in [0.25, 0.3) is 0 Å². The van der Waals surface area contributed by atoms with Gasteiger partial charge in [0.05, 0.1) is 5.38 Å². The van der Waals surface area contributed by atoms with Crippen LogP contribution in [0.4, 0.5) is 0 Å². The van der Waals surface area contributed by atoms with E-state index in [0.717, 1.165) is 0 Å². The summed E-state index contributed by atoms with van der Waals surface area (Å²) in [6.07, 6.45) is 0. The Bertz CT molecular complexity index is 114. The Morgan fingerprint density at radius 1 is 1.60 bits per heavy atom. The van der Waals surface area contributed by atoms with Crippen LogP contribution >= 0.6 is 11.6 Å². The van der Waals surface area contributed by atoms with Crippen molar-refractivity contribution in [2.45, 2.75) is 26.1 Å². The van der Waals surface area contributed by atoms with E-state index in [2.05, 4.69) is 5.32 Å². The fraction of sp³-hybridized carbons (Fsp3) is 0.857. The molecule has 0 heterocycles. The van der Waals surface area contributed by atoms with Crippen molar-refractivity contribution in [2.24, 2.45) is 5.92 Å². The van der Waals surface area contributed by atoms with Gasteiger partial charge in [0.15, 0.2) is 0 Å². The summed E-state index contributed by atoms with van der Waals surface area (Å²) in [6, 6.07) is 0. The number of halogens is 1. The molecule has 0 aromatic rings. The summed E-state index contributed by atoms with van der Waals surface area (Å²) in [6.45, 7) is 6.11. The molecule has 1 atom stereocenters. The van der Waals surface area contributed by atoms with Gasteiger partial charge in [-0.1, -0.05) is 13.8 Å². The molecule has 3 heteroatoms. The number of carbonyl (C=O) groups excluding carboxylic acids is 1. The number of hydrogen-bond donors (Lipinski definition) is 1. The summed E-state index contributed by atoms with van der Waals surface area (Å²) in [5.41, 5.74) is 0. The van der Waals surface area contributed by atoms with Gasteiger partial charge in [-0.2, -0.15) is 0 Å². The van der Waals surface area contributed by atoms with Crippen molar-refractivity contribution in [3.05, 3.63) is 0 Å². The van der Waals surface area contributed by atoms with E-state index < -0.39 is 0 Å². The second-order valence-corrected chi connectivity index (χ2v) is 3.26. The van der Waals surface area contributed by atoms with Crippen molar-refractivity contribution in [3.8, 4) is 0 Å². The maximum atomic E-state index is 10.4. The highest BCUT2D eigenvalue weighted by Gasteiger charge is 2.08. The number of alkyl halides is 1. The topological polar surface area (TPSA) is 29.1 Å². The third-order valence-corrected chi connectivity index (χ3v) is 1.93. The Morgan fingerprint density at radius 2 is 2.10 bits per heavy atom. The van der Waals surface area contributed by atoms with Crippen LogP contribution in [0.2, 0.25) is 0 Å². The first kappa shape index (κ1) is 9.76. The van der Waals surface area contributed by atoms with Gasteiger partial charge in [0.1, 0.15) is 0 Å². The predicted molar refractivity (Wildman–Crippen MR) is 43.2 cm³/mol. The quantitative estimate of drug-likeness (QED) is 0.626. The second kappa shape index (κ2) is 4.56. The summed E-state index contributed by atoms with van der Waals surface area (Å²) in [5, 5.41) is 2.70. The van der Waals surface area contributed by atoms with Gasteiger partial charge in [0.2, 0.25) is 5.91 Å². The monoisotopic (exact) mass is 163 g/mol. The van der Waals surface area contributed by atoms with Crippen LogP contribution in [-0.2, 0) is 4.79 Å². The summed E-state index contributed by atoms with van der Waals surface area (Å²) in [5.74, 6) is 0.389. The van der Waals surface area contributed by atoms with E-state index in [0.29, 0.717) is 12.5 Å². The van der Waals surface area contributed by atoms with Crippen LogP contribution in [0.15, 0.2) is 0 Å². The van der Waals surface area contributed by atoms with Crippen molar-refractivity contribution in [3.63, 3.8) is 0 Å². The first-order valence-corrected chi connectivity index (χ1v) is 3.86. The molecule has 0 aromatic heterocycles. The minimum atomic E-state index is -0.0219. The standard InChI is InChI=1S/C7H14ClNO/c1-5(2)7(8)4-9-6(3)10/h5,7H,4H2,1-3H3,(H,9,10). The van der Waals surface area contributed by atoms with Gasteiger partial charge in [-0.25, -0.2) is 0 Å². The van der Waals surface area contributed by atoms with Gasteiger partial charge >= 0.3 is 0 Å². The van der Waals surface area contributed by atoms with E-state index in [-0.39, 0.29) is 11.3 Å². The highest BCUT2D eigenvalue weighted by molar-refractivity contribution is 6.21. The van der Waals surface area contributed by atoms with E-state index in [1.54, 1.807) is 0 Å². The third-order valence-electron chi connectivity index (χ3n) is 1.27. The Hall–Kier alpha value is -0.240. The van der Waals surface area contributed by atoms with E-state index in [9.17, 15) is 4.79 Å². The Balaban J connectivity index is 3.39. The van der Waals surface area contributed by atoms with Crippen LogP contribution in [0, 0.1) is 5.92 Å². The normalized spacial score (nSPS) is 13.3. The lowest BCUT2D eigenvalue weighted by molar-refractivity contribution is -0.118. The fourth-order valence-corrected chi connectivity index (χ4v) is 0.554. The molecule has 0 aromatic carbocycles. The molecule has 0 saturated carbocycles. The molecule has 0 saturated heterocycles. The molecule has 0 fully saturated rings. The predicted octanol–water partition coefficient (Wildman–Crippen LogP) is 1.39. The molecular weight excluding hydrogens is 150 g/mol. The minimum Gasteiger partial charge on any atom is -0.355 e. The zero-order valence-electron chi connectivity index (χ0n) is 6.65. The molecule has 0 bridgehead atoms. The molecule has 2 nitrogen and oxygen atoms in total. The van der Waals surface area contributed by atoms with Crippen molar-refractivity contribution in [1.82, 2.24) is 5.32 Å². The Morgan fingerprint density at radius 3 is 2.40 bits per heavy atom. The lowest BCUT2D eigenvalue weighted by atomic mass is 10.1. The zero-order valence-corrected chi connectivity index (χ0v) is 7.40. The van der Waals surface area contributed by atoms with Crippen molar-refractivity contribution in [2.75, 3.05) is 6.54 Å². The molecule has 10 heavy (non-hydrogen) atoms. The molecule has 60 valence electrons. The molecule has 0 spiro atoms. The van der Waals surface area contributed by atoms with Gasteiger partial charge in [-0.3, -0.25) is 4.79 Å². The van der Waals surface area contributed by atoms with Crippen molar-refractivity contribution >= 4 is 17.5 Å². The maximum absolute atomic E-state index is 10.4. The van der Waals surface area contributed by atoms with Gasteiger partial charge in [0, 0.05) is 13.5 Å². The maximum Gasteiger partial charge on any atom is 0.216 e. The molecule has 0 radical (unpaired) electrons. The van der Waals surface area contributed by atoms with E-state index >= 15 is 0 Å². The lowest BCUT2D eigenvalue weighted by Crippen LogP contribution is -2.29. The first-order chi connectivity index (χ1) is 4.54. The number of hydrogen-bond acceptors (Lipinski definition) is 1. The van der Waals surface area contributed by atoms with Crippen LogP contribution < -0.4 is 5.32 Å². The molecular formula is C7H14ClNO. The van der Waals surface area contributed by atoms with Crippen molar-refractivity contribution in [1.29, 1.82) is 0 Å². The van der Waals surface area contributed by atoms with Gasteiger partial charge < -0.3 is 5.32 Å². The number of carbonyl (C=O) groups is 1. The average molecular weight is 164 g/mol. The molecule has 0 aliphatic rings. The summed E-state index contributed by atoms with van der Waals surface area (Å²) < 4.78 is 0. The summed E-state index contributed by atoms with van der Waals surface area (Å²) in [4.78, 5) is 10.4. The van der Waals surface area contributed by atoms with Crippen LogP contribution in [-0.4, -0.2) is 17.8 Å². The molecule has 0 aliphatic carbocycles. The van der Waals surface area contributed by atoms with E-state index in [1.165, 1.54) is 6.92 Å². The smallest absolute Gasteiger partial charge is 0.216 e. The molecule has 1 unspecified atom stereocenters. The minimum absolute atomic E-state index is 0.0219. The average Bonchev–Trinajstić information content (AvgIpc) is 1.82. The summed E-state index contributed by atoms with van der Waals surface area (Å²) >= 11 is 5.85. The van der Waals surface area contributed by atoms with Gasteiger partial charge in [-0.05, 0) is 5.92 Å². The Kier molecular flexibility index (Phi) is 4.45. The fourth-order valence-electron chi connectivity index (χ4n) is 0.477. The van der Waals surface area contributed by atoms with Crippen LogP contribution in [0.5, 0.6) is 0 Å². The molecule has 1 amide bonds. The van der Waals surface area contributed by atoms with E-state index in [4.69, 9.17) is 11.6 Å². The molecule has 0 aliphatic heterocycles. The molecule has 1 N–H and O–H groups in total. The Labute approximate surface area is 66.9 Å². The number of rotatable bonds is 3. The van der Waals surface area contributed by atoms with E-state index in [1.807, 2.05) is 13.8 Å². The molecule has 0 rings (SSSR count). The SMILES string of the molecule is CC(=O)NCC(Cl)C(C)C. The zero-order chi connectivity index (χ0) is 8.15. The highest BCUT2D eigenvalue weighted by atomic mass is 35.5. The van der Waals surface area contributed by atoms with Crippen LogP contribution in [0.1, 0.15) is 20.8 Å². The first-order valence-electron chi connectivity index (χ1n) is 3.42. The number of amides is 1.